The van der Waals surface area contributed by atoms with Crippen LogP contribution in [0, 0.1) is 6.92 Å². The fourth-order valence-corrected chi connectivity index (χ4v) is 2.85. The predicted octanol–water partition coefficient (Wildman–Crippen LogP) is 0.253. The highest BCUT2D eigenvalue weighted by molar-refractivity contribution is 7.89. The standard InChI is InChI=1S/C8H14N2O3S2/c1-7-9-5-8(14-7)6-10-15(12,13)4-2-3-11/h5,10-11H,2-4,6H2,1H3. The minimum atomic E-state index is -3.26. The van der Waals surface area contributed by atoms with E-state index in [1.165, 1.54) is 11.3 Å². The summed E-state index contributed by atoms with van der Waals surface area (Å²) in [6, 6.07) is 0. The molecule has 0 saturated heterocycles. The fraction of sp³-hybridized carbons (Fsp3) is 0.625. The molecule has 15 heavy (non-hydrogen) atoms. The summed E-state index contributed by atoms with van der Waals surface area (Å²) in [4.78, 5) is 4.91. The summed E-state index contributed by atoms with van der Waals surface area (Å²) in [7, 11) is -3.26. The second kappa shape index (κ2) is 5.55. The summed E-state index contributed by atoms with van der Waals surface area (Å²) in [5.41, 5.74) is 0. The van der Waals surface area contributed by atoms with Crippen molar-refractivity contribution in [1.82, 2.24) is 9.71 Å². The lowest BCUT2D eigenvalue weighted by atomic mass is 10.5. The van der Waals surface area contributed by atoms with Crippen molar-refractivity contribution in [1.29, 1.82) is 0 Å². The highest BCUT2D eigenvalue weighted by Gasteiger charge is 2.09. The van der Waals surface area contributed by atoms with Gasteiger partial charge in [-0.2, -0.15) is 0 Å². The summed E-state index contributed by atoms with van der Waals surface area (Å²) in [5.74, 6) is -0.0404. The van der Waals surface area contributed by atoms with Crippen molar-refractivity contribution in [3.63, 3.8) is 0 Å². The van der Waals surface area contributed by atoms with Crippen LogP contribution in [0.25, 0.3) is 0 Å². The lowest BCUT2D eigenvalue weighted by Gasteiger charge is -2.03. The smallest absolute Gasteiger partial charge is 0.212 e. The van der Waals surface area contributed by atoms with Crippen molar-refractivity contribution in [3.05, 3.63) is 16.1 Å². The van der Waals surface area contributed by atoms with Crippen molar-refractivity contribution >= 4 is 21.4 Å². The van der Waals surface area contributed by atoms with Crippen LogP contribution in [0.1, 0.15) is 16.3 Å². The number of rotatable bonds is 6. The maximum atomic E-state index is 11.3. The van der Waals surface area contributed by atoms with E-state index in [0.29, 0.717) is 0 Å². The number of nitrogens with zero attached hydrogens (tertiary/aromatic N) is 1. The van der Waals surface area contributed by atoms with Crippen LogP contribution in [-0.2, 0) is 16.6 Å². The molecule has 0 unspecified atom stereocenters. The van der Waals surface area contributed by atoms with E-state index in [9.17, 15) is 8.42 Å². The maximum absolute atomic E-state index is 11.3. The summed E-state index contributed by atoms with van der Waals surface area (Å²) < 4.78 is 25.1. The zero-order chi connectivity index (χ0) is 11.3. The van der Waals surface area contributed by atoms with Gasteiger partial charge >= 0.3 is 0 Å². The minimum absolute atomic E-state index is 0.0404. The molecule has 0 radical (unpaired) electrons. The highest BCUT2D eigenvalue weighted by Crippen LogP contribution is 2.11. The first-order valence-corrected chi connectivity index (χ1v) is 7.00. The molecule has 0 amide bonds. The Labute approximate surface area is 93.2 Å². The number of hydrogen-bond donors (Lipinski definition) is 2. The molecule has 1 rings (SSSR count). The Kier molecular flexibility index (Phi) is 4.65. The molecular formula is C8H14N2O3S2. The van der Waals surface area contributed by atoms with E-state index in [4.69, 9.17) is 5.11 Å². The van der Waals surface area contributed by atoms with Crippen molar-refractivity contribution < 1.29 is 13.5 Å². The molecule has 0 fully saturated rings. The Morgan fingerprint density at radius 1 is 1.60 bits per heavy atom. The van der Waals surface area contributed by atoms with E-state index >= 15 is 0 Å². The second-order valence-corrected chi connectivity index (χ2v) is 6.31. The third-order valence-corrected chi connectivity index (χ3v) is 4.03. The maximum Gasteiger partial charge on any atom is 0.212 e. The Bertz CT molecular complexity index is 400. The van der Waals surface area contributed by atoms with Gasteiger partial charge in [-0.05, 0) is 13.3 Å². The van der Waals surface area contributed by atoms with Crippen molar-refractivity contribution in [2.75, 3.05) is 12.4 Å². The van der Waals surface area contributed by atoms with Gasteiger partial charge in [-0.15, -0.1) is 11.3 Å². The second-order valence-electron chi connectivity index (χ2n) is 3.06. The summed E-state index contributed by atoms with van der Waals surface area (Å²) in [5, 5.41) is 9.43. The van der Waals surface area contributed by atoms with Gasteiger partial charge in [0.05, 0.1) is 10.8 Å². The van der Waals surface area contributed by atoms with Gasteiger partial charge in [0, 0.05) is 24.2 Å². The molecule has 0 saturated carbocycles. The molecule has 0 aromatic carbocycles. The fourth-order valence-electron chi connectivity index (χ4n) is 0.995. The number of aliphatic hydroxyl groups is 1. The molecule has 7 heteroatoms. The first-order valence-electron chi connectivity index (χ1n) is 4.53. The Balaban J connectivity index is 2.42. The van der Waals surface area contributed by atoms with Gasteiger partial charge in [0.2, 0.25) is 10.0 Å². The van der Waals surface area contributed by atoms with Crippen LogP contribution in [0.3, 0.4) is 0 Å². The van der Waals surface area contributed by atoms with E-state index in [1.54, 1.807) is 6.20 Å². The molecule has 0 spiro atoms. The first-order chi connectivity index (χ1) is 7.03. The van der Waals surface area contributed by atoms with E-state index < -0.39 is 10.0 Å². The van der Waals surface area contributed by atoms with Gasteiger partial charge in [-0.3, -0.25) is 0 Å². The zero-order valence-corrected chi connectivity index (χ0v) is 10.1. The zero-order valence-electron chi connectivity index (χ0n) is 8.43. The monoisotopic (exact) mass is 250 g/mol. The average molecular weight is 250 g/mol. The van der Waals surface area contributed by atoms with Crippen LogP contribution in [0.15, 0.2) is 6.20 Å². The molecule has 5 nitrogen and oxygen atoms in total. The van der Waals surface area contributed by atoms with Crippen LogP contribution in [-0.4, -0.2) is 30.9 Å². The van der Waals surface area contributed by atoms with Gasteiger partial charge in [-0.25, -0.2) is 18.1 Å². The lowest BCUT2D eigenvalue weighted by Crippen LogP contribution is -2.26. The van der Waals surface area contributed by atoms with Crippen LogP contribution < -0.4 is 4.72 Å². The van der Waals surface area contributed by atoms with Crippen LogP contribution in [0.5, 0.6) is 0 Å². The molecule has 1 heterocycles. The Morgan fingerprint density at radius 2 is 2.33 bits per heavy atom. The largest absolute Gasteiger partial charge is 0.396 e. The number of aromatic nitrogens is 1. The summed E-state index contributed by atoms with van der Waals surface area (Å²) in [6.45, 7) is 2.04. The molecule has 86 valence electrons. The van der Waals surface area contributed by atoms with Crippen molar-refractivity contribution in [3.8, 4) is 0 Å². The molecule has 0 aliphatic heterocycles. The van der Waals surface area contributed by atoms with Gasteiger partial charge < -0.3 is 5.11 Å². The van der Waals surface area contributed by atoms with E-state index in [2.05, 4.69) is 9.71 Å². The van der Waals surface area contributed by atoms with Crippen molar-refractivity contribution in [2.45, 2.75) is 19.9 Å². The third-order valence-electron chi connectivity index (χ3n) is 1.71. The van der Waals surface area contributed by atoms with Crippen LogP contribution in [0.2, 0.25) is 0 Å². The van der Waals surface area contributed by atoms with Crippen LogP contribution in [0.4, 0.5) is 0 Å². The van der Waals surface area contributed by atoms with Gasteiger partial charge in [0.1, 0.15) is 0 Å². The third kappa shape index (κ3) is 4.70. The van der Waals surface area contributed by atoms with Gasteiger partial charge in [0.25, 0.3) is 0 Å². The van der Waals surface area contributed by atoms with Crippen LogP contribution >= 0.6 is 11.3 Å². The number of aryl methyl sites for hydroxylation is 1. The Hall–Kier alpha value is -0.500. The quantitative estimate of drug-likeness (QED) is 0.758. The molecular weight excluding hydrogens is 236 g/mol. The summed E-state index contributed by atoms with van der Waals surface area (Å²) in [6.07, 6.45) is 1.92. The van der Waals surface area contributed by atoms with E-state index in [1.807, 2.05) is 6.92 Å². The average Bonchev–Trinajstić information content (AvgIpc) is 2.59. The topological polar surface area (TPSA) is 79.3 Å². The van der Waals surface area contributed by atoms with Gasteiger partial charge in [-0.1, -0.05) is 0 Å². The summed E-state index contributed by atoms with van der Waals surface area (Å²) >= 11 is 1.46. The first kappa shape index (κ1) is 12.6. The van der Waals surface area contributed by atoms with E-state index in [-0.39, 0.29) is 25.3 Å². The number of thiazole rings is 1. The molecule has 1 aromatic rings. The Morgan fingerprint density at radius 3 is 2.87 bits per heavy atom. The van der Waals surface area contributed by atoms with E-state index in [0.717, 1.165) is 9.88 Å². The SMILES string of the molecule is Cc1ncc(CNS(=O)(=O)CCCO)s1. The number of hydrogen-bond acceptors (Lipinski definition) is 5. The minimum Gasteiger partial charge on any atom is -0.396 e. The molecule has 0 bridgehead atoms. The molecule has 0 atom stereocenters. The number of nitrogens with one attached hydrogen (secondary N) is 1. The molecule has 1 aromatic heterocycles. The van der Waals surface area contributed by atoms with Crippen molar-refractivity contribution in [2.24, 2.45) is 0 Å². The molecule has 0 aliphatic carbocycles. The lowest BCUT2D eigenvalue weighted by molar-refractivity contribution is 0.295. The predicted molar refractivity (Wildman–Crippen MR) is 59.2 cm³/mol. The molecule has 0 aliphatic rings. The highest BCUT2D eigenvalue weighted by atomic mass is 32.2. The number of sulfonamides is 1. The normalized spacial score (nSPS) is 11.9. The number of aliphatic hydroxyl groups excluding tert-OH is 1. The van der Waals surface area contributed by atoms with Gasteiger partial charge in [0.15, 0.2) is 0 Å². The molecule has 2 N–H and O–H groups in total.